The van der Waals surface area contributed by atoms with Gasteiger partial charge in [-0.1, -0.05) is 30.3 Å². The van der Waals surface area contributed by atoms with E-state index < -0.39 is 30.4 Å². The molecule has 2 aromatic carbocycles. The molecule has 2 amide bonds. The van der Waals surface area contributed by atoms with E-state index >= 15 is 0 Å². The Hall–Kier alpha value is -3.28. The van der Waals surface area contributed by atoms with Crippen LogP contribution >= 0.6 is 0 Å². The number of carbonyl (C=O) groups is 4. The van der Waals surface area contributed by atoms with E-state index in [1.807, 2.05) is 12.1 Å². The number of fused-ring (bicyclic) bond motifs is 2. The maximum absolute atomic E-state index is 12.6. The molecule has 29 heavy (non-hydrogen) atoms. The fraction of sp³-hybridized carbons (Fsp3) is 0.304. The topological polar surface area (TPSA) is 80.8 Å². The molecule has 2 aliphatic rings. The third kappa shape index (κ3) is 3.70. The van der Waals surface area contributed by atoms with Crippen LogP contribution in [0.5, 0.6) is 0 Å². The SMILES string of the molecule is C[C@H](OC(=O)CN1C(=O)Cc2ccccc2C1=O)C(=O)c1ccc2c(c1)CCC2. The number of imide groups is 1. The molecule has 1 heterocycles. The molecule has 0 spiro atoms. The van der Waals surface area contributed by atoms with Crippen LogP contribution in [0.2, 0.25) is 0 Å². The van der Waals surface area contributed by atoms with Crippen molar-refractivity contribution >= 4 is 23.6 Å². The molecule has 1 aliphatic heterocycles. The first-order valence-corrected chi connectivity index (χ1v) is 9.72. The molecule has 0 aromatic heterocycles. The van der Waals surface area contributed by atoms with Crippen LogP contribution in [-0.2, 0) is 33.6 Å². The summed E-state index contributed by atoms with van der Waals surface area (Å²) in [6, 6.07) is 12.4. The van der Waals surface area contributed by atoms with E-state index in [-0.39, 0.29) is 12.2 Å². The highest BCUT2D eigenvalue weighted by molar-refractivity contribution is 6.11. The Morgan fingerprint density at radius 2 is 1.79 bits per heavy atom. The predicted octanol–water partition coefficient (Wildman–Crippen LogP) is 2.51. The normalized spacial score (nSPS) is 16.2. The number of Topliss-reactive ketones (excluding diaryl/α,β-unsaturated/α-hetero) is 1. The second-order valence-electron chi connectivity index (χ2n) is 7.45. The zero-order valence-corrected chi connectivity index (χ0v) is 16.1. The Labute approximate surface area is 168 Å². The molecule has 0 N–H and O–H groups in total. The van der Waals surface area contributed by atoms with Gasteiger partial charge in [0.05, 0.1) is 6.42 Å². The molecular weight excluding hydrogens is 370 g/mol. The van der Waals surface area contributed by atoms with Gasteiger partial charge in [0.1, 0.15) is 6.54 Å². The number of hydrogen-bond acceptors (Lipinski definition) is 5. The summed E-state index contributed by atoms with van der Waals surface area (Å²) < 4.78 is 5.24. The molecule has 6 heteroatoms. The van der Waals surface area contributed by atoms with Crippen LogP contribution in [0.4, 0.5) is 0 Å². The van der Waals surface area contributed by atoms with Gasteiger partial charge in [-0.3, -0.25) is 24.1 Å². The maximum atomic E-state index is 12.6. The third-order valence-corrected chi connectivity index (χ3v) is 5.48. The molecule has 0 radical (unpaired) electrons. The van der Waals surface area contributed by atoms with Crippen LogP contribution in [0.3, 0.4) is 0 Å². The van der Waals surface area contributed by atoms with Crippen LogP contribution in [0, 0.1) is 0 Å². The number of aryl methyl sites for hydroxylation is 2. The van der Waals surface area contributed by atoms with E-state index in [4.69, 9.17) is 4.74 Å². The van der Waals surface area contributed by atoms with Crippen molar-refractivity contribution in [3.8, 4) is 0 Å². The third-order valence-electron chi connectivity index (χ3n) is 5.48. The highest BCUT2D eigenvalue weighted by Crippen LogP contribution is 2.24. The summed E-state index contributed by atoms with van der Waals surface area (Å²) in [5.41, 5.74) is 3.98. The fourth-order valence-corrected chi connectivity index (χ4v) is 3.94. The molecule has 148 valence electrons. The summed E-state index contributed by atoms with van der Waals surface area (Å²) in [6.07, 6.45) is 2.11. The average Bonchev–Trinajstić information content (AvgIpc) is 3.18. The second kappa shape index (κ2) is 7.62. The van der Waals surface area contributed by atoms with Crippen molar-refractivity contribution in [1.29, 1.82) is 0 Å². The van der Waals surface area contributed by atoms with Crippen molar-refractivity contribution in [2.45, 2.75) is 38.7 Å². The van der Waals surface area contributed by atoms with E-state index in [1.165, 1.54) is 12.5 Å². The Balaban J connectivity index is 1.41. The summed E-state index contributed by atoms with van der Waals surface area (Å²) in [4.78, 5) is 50.7. The summed E-state index contributed by atoms with van der Waals surface area (Å²) >= 11 is 0. The van der Waals surface area contributed by atoms with E-state index in [0.717, 1.165) is 29.7 Å². The number of benzene rings is 2. The van der Waals surface area contributed by atoms with Gasteiger partial charge in [0.2, 0.25) is 11.7 Å². The summed E-state index contributed by atoms with van der Waals surface area (Å²) in [5.74, 6) is -2.06. The van der Waals surface area contributed by atoms with Gasteiger partial charge in [-0.05, 0) is 55.0 Å². The lowest BCUT2D eigenvalue weighted by Gasteiger charge is -2.26. The average molecular weight is 391 g/mol. The van der Waals surface area contributed by atoms with Crippen molar-refractivity contribution in [1.82, 2.24) is 4.90 Å². The lowest BCUT2D eigenvalue weighted by atomic mass is 9.98. The Kier molecular flexibility index (Phi) is 5.01. The summed E-state index contributed by atoms with van der Waals surface area (Å²) in [6.45, 7) is 0.996. The quantitative estimate of drug-likeness (QED) is 0.444. The molecule has 0 fully saturated rings. The molecule has 0 saturated carbocycles. The lowest BCUT2D eigenvalue weighted by molar-refractivity contribution is -0.150. The van der Waals surface area contributed by atoms with Crippen molar-refractivity contribution in [3.63, 3.8) is 0 Å². The van der Waals surface area contributed by atoms with Crippen LogP contribution in [0.15, 0.2) is 42.5 Å². The lowest BCUT2D eigenvalue weighted by Crippen LogP contribution is -2.46. The Morgan fingerprint density at radius 3 is 2.62 bits per heavy atom. The maximum Gasteiger partial charge on any atom is 0.326 e. The molecule has 2 aromatic rings. The molecular formula is C23H21NO5. The van der Waals surface area contributed by atoms with Gasteiger partial charge in [0.15, 0.2) is 6.10 Å². The molecule has 4 rings (SSSR count). The Morgan fingerprint density at radius 1 is 1.03 bits per heavy atom. The van der Waals surface area contributed by atoms with Crippen molar-refractivity contribution in [3.05, 3.63) is 70.3 Å². The molecule has 1 aliphatic carbocycles. The van der Waals surface area contributed by atoms with Gasteiger partial charge in [0, 0.05) is 11.1 Å². The first kappa shape index (κ1) is 19.1. The minimum Gasteiger partial charge on any atom is -0.453 e. The summed E-state index contributed by atoms with van der Waals surface area (Å²) in [7, 11) is 0. The van der Waals surface area contributed by atoms with Gasteiger partial charge in [-0.15, -0.1) is 0 Å². The van der Waals surface area contributed by atoms with E-state index in [0.29, 0.717) is 16.7 Å². The fourth-order valence-electron chi connectivity index (χ4n) is 3.94. The van der Waals surface area contributed by atoms with Crippen LogP contribution in [-0.4, -0.2) is 41.1 Å². The number of rotatable bonds is 5. The molecule has 1 atom stereocenters. The minimum atomic E-state index is -0.996. The van der Waals surface area contributed by atoms with Gasteiger partial charge in [-0.25, -0.2) is 0 Å². The predicted molar refractivity (Wildman–Crippen MR) is 105 cm³/mol. The molecule has 0 unspecified atom stereocenters. The van der Waals surface area contributed by atoms with Crippen LogP contribution in [0.1, 0.15) is 50.8 Å². The second-order valence-corrected chi connectivity index (χ2v) is 7.45. The minimum absolute atomic E-state index is 0.0544. The van der Waals surface area contributed by atoms with Gasteiger partial charge >= 0.3 is 5.97 Å². The van der Waals surface area contributed by atoms with Crippen molar-refractivity contribution in [2.24, 2.45) is 0 Å². The van der Waals surface area contributed by atoms with Crippen molar-refractivity contribution in [2.75, 3.05) is 6.54 Å². The molecule has 0 bridgehead atoms. The summed E-state index contributed by atoms with van der Waals surface area (Å²) in [5, 5.41) is 0. The molecule has 0 saturated heterocycles. The Bertz CT molecular complexity index is 1030. The first-order valence-electron chi connectivity index (χ1n) is 9.72. The number of nitrogens with zero attached hydrogens (tertiary/aromatic N) is 1. The smallest absolute Gasteiger partial charge is 0.326 e. The number of hydrogen-bond donors (Lipinski definition) is 0. The van der Waals surface area contributed by atoms with Gasteiger partial charge < -0.3 is 4.74 Å². The highest BCUT2D eigenvalue weighted by Gasteiger charge is 2.33. The largest absolute Gasteiger partial charge is 0.453 e. The van der Waals surface area contributed by atoms with E-state index in [9.17, 15) is 19.2 Å². The monoisotopic (exact) mass is 391 g/mol. The zero-order valence-electron chi connectivity index (χ0n) is 16.1. The van der Waals surface area contributed by atoms with Gasteiger partial charge in [0.25, 0.3) is 5.91 Å². The van der Waals surface area contributed by atoms with E-state index in [1.54, 1.807) is 30.3 Å². The van der Waals surface area contributed by atoms with Crippen molar-refractivity contribution < 1.29 is 23.9 Å². The van der Waals surface area contributed by atoms with Gasteiger partial charge in [-0.2, -0.15) is 0 Å². The van der Waals surface area contributed by atoms with Crippen LogP contribution < -0.4 is 0 Å². The number of amides is 2. The van der Waals surface area contributed by atoms with E-state index in [2.05, 4.69) is 0 Å². The number of ketones is 1. The number of ether oxygens (including phenoxy) is 1. The zero-order chi connectivity index (χ0) is 20.5. The number of esters is 1. The highest BCUT2D eigenvalue weighted by atomic mass is 16.5. The number of carbonyl (C=O) groups excluding carboxylic acids is 4. The standard InChI is InChI=1S/C23H21NO5/c1-14(22(27)18-10-9-15-6-4-7-16(15)11-18)29-21(26)13-24-20(25)12-17-5-2-3-8-19(17)23(24)28/h2-3,5,8-11,14H,4,6-7,12-13H2,1H3/t14-/m0/s1. The van der Waals surface area contributed by atoms with Crippen LogP contribution in [0.25, 0.3) is 0 Å². The first-order chi connectivity index (χ1) is 13.9. The molecule has 6 nitrogen and oxygen atoms in total.